The van der Waals surface area contributed by atoms with E-state index >= 15 is 0 Å². The van der Waals surface area contributed by atoms with Gasteiger partial charge >= 0.3 is 0 Å². The number of aromatic nitrogens is 3. The molecule has 45 heavy (non-hydrogen) atoms. The van der Waals surface area contributed by atoms with E-state index in [2.05, 4.69) is 75.6 Å². The Morgan fingerprint density at radius 2 is 1.47 bits per heavy atom. The molecule has 0 saturated heterocycles. The summed E-state index contributed by atoms with van der Waals surface area (Å²) in [6.45, 7) is 10.8. The second-order valence-electron chi connectivity index (χ2n) is 11.6. The number of aromatic hydroxyl groups is 1. The Labute approximate surface area is 278 Å². The van der Waals surface area contributed by atoms with Crippen molar-refractivity contribution in [3.05, 3.63) is 144 Å². The number of rotatable bonds is 4. The number of hydrogen-bond donors (Lipinski definition) is 1. The second-order valence-corrected chi connectivity index (χ2v) is 11.6. The molecule has 0 aliphatic carbocycles. The number of phenols is 1. The summed E-state index contributed by atoms with van der Waals surface area (Å²) in [5, 5.41) is 12.7. The molecule has 0 aliphatic rings. The molecule has 0 unspecified atom stereocenters. The summed E-state index contributed by atoms with van der Waals surface area (Å²) in [5.41, 5.74) is 10.8. The van der Waals surface area contributed by atoms with Crippen molar-refractivity contribution in [2.24, 2.45) is 0 Å². The average molecular weight is 767 g/mol. The van der Waals surface area contributed by atoms with Gasteiger partial charge < -0.3 is 10.1 Å². The Morgan fingerprint density at radius 3 is 2.20 bits per heavy atom. The molecule has 0 saturated carbocycles. The molecule has 0 aliphatic heterocycles. The molecule has 1 radical (unpaired) electrons. The van der Waals surface area contributed by atoms with Gasteiger partial charge in [0.25, 0.3) is 0 Å². The van der Waals surface area contributed by atoms with Gasteiger partial charge in [0.2, 0.25) is 0 Å². The predicted molar refractivity (Wildman–Crippen MR) is 182 cm³/mol. The third kappa shape index (κ3) is 6.61. The number of fused-ring (bicyclic) bond motifs is 2. The largest absolute Gasteiger partial charge is 0.507 e. The van der Waals surface area contributed by atoms with E-state index in [-0.39, 0.29) is 25.9 Å². The zero-order valence-electron chi connectivity index (χ0n) is 26.2. The maximum Gasteiger partial charge on any atom is 0.149 e. The Balaban J connectivity index is 0.000000174. The van der Waals surface area contributed by atoms with E-state index in [0.29, 0.717) is 5.92 Å². The molecule has 7 aromatic rings. The van der Waals surface area contributed by atoms with Gasteiger partial charge in [-0.25, -0.2) is 4.98 Å². The van der Waals surface area contributed by atoms with Crippen molar-refractivity contribution in [1.29, 1.82) is 0 Å². The Kier molecular flexibility index (Phi) is 9.62. The first-order valence-electron chi connectivity index (χ1n) is 15.0. The van der Waals surface area contributed by atoms with E-state index < -0.39 is 0 Å². The topological polar surface area (TPSA) is 50.9 Å². The second kappa shape index (κ2) is 13.6. The van der Waals surface area contributed by atoms with Gasteiger partial charge in [0, 0.05) is 32.0 Å². The Hall–Kier alpha value is -4.57. The number of nitrogens with zero attached hydrogens (tertiary/aromatic N) is 3. The molecule has 0 bridgehead atoms. The molecule has 0 fully saturated rings. The van der Waals surface area contributed by atoms with Crippen LogP contribution < -0.4 is 0 Å². The van der Waals surface area contributed by atoms with E-state index in [4.69, 9.17) is 9.97 Å². The Morgan fingerprint density at radius 1 is 0.756 bits per heavy atom. The number of phenolic OH excluding ortho intramolecular Hbond substituents is 1. The van der Waals surface area contributed by atoms with Crippen LogP contribution in [-0.2, 0) is 20.1 Å². The van der Waals surface area contributed by atoms with Gasteiger partial charge in [-0.15, -0.1) is 34.9 Å². The van der Waals surface area contributed by atoms with Crippen molar-refractivity contribution in [3.63, 3.8) is 0 Å². The van der Waals surface area contributed by atoms with Crippen LogP contribution in [-0.4, -0.2) is 19.6 Å². The zero-order chi connectivity index (χ0) is 30.8. The van der Waals surface area contributed by atoms with Crippen LogP contribution in [0.15, 0.2) is 115 Å². The van der Waals surface area contributed by atoms with E-state index in [0.717, 1.165) is 44.9 Å². The number of aryl methyl sites for hydroxylation is 3. The van der Waals surface area contributed by atoms with Crippen LogP contribution in [0.1, 0.15) is 42.0 Å². The average Bonchev–Trinajstić information content (AvgIpc) is 3.41. The molecule has 2 heterocycles. The van der Waals surface area contributed by atoms with Gasteiger partial charge in [-0.2, -0.15) is 0 Å². The molecular formula is C40H36IrN3O-. The normalized spacial score (nSPS) is 10.9. The van der Waals surface area contributed by atoms with Crippen molar-refractivity contribution < 1.29 is 25.2 Å². The fraction of sp³-hybridized carbons (Fsp3) is 0.150. The van der Waals surface area contributed by atoms with Crippen molar-refractivity contribution in [2.75, 3.05) is 0 Å². The number of pyridine rings is 1. The van der Waals surface area contributed by atoms with Crippen LogP contribution >= 0.6 is 0 Å². The smallest absolute Gasteiger partial charge is 0.149 e. The summed E-state index contributed by atoms with van der Waals surface area (Å²) in [5.74, 6) is 1.51. The molecule has 1 N–H and O–H groups in total. The number of benzene rings is 5. The summed E-state index contributed by atoms with van der Waals surface area (Å²) in [4.78, 5) is 9.43. The summed E-state index contributed by atoms with van der Waals surface area (Å²) >= 11 is 0. The molecule has 5 heteroatoms. The molecule has 0 atom stereocenters. The van der Waals surface area contributed by atoms with Crippen molar-refractivity contribution in [2.45, 2.75) is 40.5 Å². The monoisotopic (exact) mass is 767 g/mol. The number of hydrogen-bond acceptors (Lipinski definition) is 3. The standard InChI is InChI=1S/C21H22N.C19H14N2O.Ir/c1-13(2)17-6-7-19-20(11-17)16(5)12-22-21(19)18-9-14(3)8-15(4)10-18;22-18-13-7-4-10-15(18)19-20-16-11-5-6-12-17(16)21(19)14-8-2-1-3-9-14;/h6-9,11-13H,1-5H3;1-13,22H;/q-1;;. The fourth-order valence-corrected chi connectivity index (χ4v) is 5.70. The molecule has 5 aromatic carbocycles. The van der Waals surface area contributed by atoms with Crippen LogP contribution in [0, 0.1) is 26.8 Å². The quantitative estimate of drug-likeness (QED) is 0.182. The van der Waals surface area contributed by atoms with Crippen LogP contribution in [0.4, 0.5) is 0 Å². The van der Waals surface area contributed by atoms with Gasteiger partial charge in [-0.3, -0.25) is 4.57 Å². The maximum atomic E-state index is 10.2. The molecule has 0 amide bonds. The van der Waals surface area contributed by atoms with E-state index in [1.54, 1.807) is 6.07 Å². The van der Waals surface area contributed by atoms with Crippen molar-refractivity contribution in [1.82, 2.24) is 14.5 Å². The van der Waals surface area contributed by atoms with Gasteiger partial charge in [0.1, 0.15) is 11.6 Å². The van der Waals surface area contributed by atoms with E-state index in [1.807, 2.05) is 79.0 Å². The third-order valence-electron chi connectivity index (χ3n) is 7.90. The first-order valence-corrected chi connectivity index (χ1v) is 15.0. The van der Waals surface area contributed by atoms with Crippen LogP contribution in [0.25, 0.3) is 50.1 Å². The summed E-state index contributed by atoms with van der Waals surface area (Å²) in [6.07, 6.45) is 1.98. The van der Waals surface area contributed by atoms with Crippen LogP contribution in [0.2, 0.25) is 0 Å². The molecular weight excluding hydrogens is 731 g/mol. The summed E-state index contributed by atoms with van der Waals surface area (Å²) in [6, 6.07) is 39.9. The van der Waals surface area contributed by atoms with Gasteiger partial charge in [0.05, 0.1) is 16.6 Å². The summed E-state index contributed by atoms with van der Waals surface area (Å²) in [7, 11) is 0. The van der Waals surface area contributed by atoms with E-state index in [9.17, 15) is 5.11 Å². The number of imidazole rings is 1. The summed E-state index contributed by atoms with van der Waals surface area (Å²) < 4.78 is 2.07. The van der Waals surface area contributed by atoms with Gasteiger partial charge in [0.15, 0.2) is 0 Å². The molecule has 0 spiro atoms. The SMILES string of the molecule is Cc1[c-]c(-c2ncc(C)c3cc(C(C)C)ccc23)cc(C)c1.Oc1ccccc1-c1nc2ccccc2n1-c1ccccc1.[Ir]. The van der Waals surface area contributed by atoms with Crippen molar-refractivity contribution >= 4 is 21.8 Å². The predicted octanol–water partition coefficient (Wildman–Crippen LogP) is 10.1. The first-order chi connectivity index (χ1) is 21.3. The minimum absolute atomic E-state index is 0. The van der Waals surface area contributed by atoms with Gasteiger partial charge in [-0.05, 0) is 76.8 Å². The minimum Gasteiger partial charge on any atom is -0.507 e. The molecule has 7 rings (SSSR count). The number of para-hydroxylation sites is 4. The fourth-order valence-electron chi connectivity index (χ4n) is 5.70. The zero-order valence-corrected chi connectivity index (χ0v) is 28.6. The minimum atomic E-state index is 0. The molecule has 227 valence electrons. The molecule has 2 aromatic heterocycles. The van der Waals surface area contributed by atoms with Crippen molar-refractivity contribution in [3.8, 4) is 34.1 Å². The maximum absolute atomic E-state index is 10.2. The third-order valence-corrected chi connectivity index (χ3v) is 7.90. The van der Waals surface area contributed by atoms with Crippen LogP contribution in [0.3, 0.4) is 0 Å². The first kappa shape index (κ1) is 31.8. The van der Waals surface area contributed by atoms with Gasteiger partial charge in [-0.1, -0.05) is 88.4 Å². The molecule has 4 nitrogen and oxygen atoms in total. The van der Waals surface area contributed by atoms with E-state index in [1.165, 1.54) is 27.5 Å². The Bertz CT molecular complexity index is 2080. The van der Waals surface area contributed by atoms with Crippen LogP contribution in [0.5, 0.6) is 5.75 Å².